The summed E-state index contributed by atoms with van der Waals surface area (Å²) in [6.07, 6.45) is -4.66. The first-order valence-electron chi connectivity index (χ1n) is 6.43. The Morgan fingerprint density at radius 1 is 1.09 bits per heavy atom. The largest absolute Gasteiger partial charge is 0.406 e. The van der Waals surface area contributed by atoms with Crippen LogP contribution in [0.2, 0.25) is 0 Å². The highest BCUT2D eigenvalue weighted by atomic mass is 32.1. The molecule has 2 nitrogen and oxygen atoms in total. The van der Waals surface area contributed by atoms with E-state index in [1.165, 1.54) is 35.6 Å². The zero-order chi connectivity index (χ0) is 16.2. The lowest BCUT2D eigenvalue weighted by Crippen LogP contribution is -2.39. The third kappa shape index (κ3) is 5.14. The number of benzene rings is 1. The Morgan fingerprint density at radius 3 is 2.32 bits per heavy atom. The minimum Gasteiger partial charge on any atom is -0.329 e. The van der Waals surface area contributed by atoms with Gasteiger partial charge in [0.2, 0.25) is 5.91 Å². The van der Waals surface area contributed by atoms with Gasteiger partial charge in [-0.3, -0.25) is 4.79 Å². The standard InChI is InChI=1S/C15H13F4NOS/c16-13-3-1-11(2-4-13)7-14(21)20(10-15(17,18)19)8-12-5-6-22-9-12/h1-6,9H,7-8,10H2. The van der Waals surface area contributed by atoms with Crippen LogP contribution in [0.25, 0.3) is 0 Å². The van der Waals surface area contributed by atoms with Crippen molar-refractivity contribution in [2.24, 2.45) is 0 Å². The van der Waals surface area contributed by atoms with Crippen molar-refractivity contribution in [3.05, 3.63) is 58.0 Å². The molecular formula is C15H13F4NOS. The molecule has 118 valence electrons. The zero-order valence-corrected chi connectivity index (χ0v) is 12.3. The van der Waals surface area contributed by atoms with Crippen molar-refractivity contribution in [2.75, 3.05) is 6.54 Å². The average molecular weight is 331 g/mol. The molecule has 22 heavy (non-hydrogen) atoms. The number of amides is 1. The molecule has 0 atom stereocenters. The van der Waals surface area contributed by atoms with Crippen LogP contribution in [0.3, 0.4) is 0 Å². The molecule has 0 aliphatic heterocycles. The first kappa shape index (κ1) is 16.5. The smallest absolute Gasteiger partial charge is 0.329 e. The van der Waals surface area contributed by atoms with Gasteiger partial charge in [-0.25, -0.2) is 4.39 Å². The van der Waals surface area contributed by atoms with Gasteiger partial charge in [0.25, 0.3) is 0 Å². The van der Waals surface area contributed by atoms with Gasteiger partial charge < -0.3 is 4.90 Å². The molecule has 0 spiro atoms. The highest BCUT2D eigenvalue weighted by Crippen LogP contribution is 2.20. The zero-order valence-electron chi connectivity index (χ0n) is 11.4. The summed E-state index contributed by atoms with van der Waals surface area (Å²) in [5.74, 6) is -1.10. The van der Waals surface area contributed by atoms with Gasteiger partial charge in [-0.2, -0.15) is 24.5 Å². The molecule has 0 saturated carbocycles. The lowest BCUT2D eigenvalue weighted by molar-refractivity contribution is -0.162. The number of hydrogen-bond donors (Lipinski definition) is 0. The van der Waals surface area contributed by atoms with E-state index in [9.17, 15) is 22.4 Å². The van der Waals surface area contributed by atoms with E-state index in [2.05, 4.69) is 0 Å². The third-order valence-corrected chi connectivity index (χ3v) is 3.68. The lowest BCUT2D eigenvalue weighted by atomic mass is 10.1. The summed E-state index contributed by atoms with van der Waals surface area (Å²) >= 11 is 1.36. The lowest BCUT2D eigenvalue weighted by Gasteiger charge is -2.23. The maximum absolute atomic E-state index is 12.8. The van der Waals surface area contributed by atoms with Gasteiger partial charge in [-0.15, -0.1) is 0 Å². The Bertz CT molecular complexity index is 607. The first-order chi connectivity index (χ1) is 10.3. The summed E-state index contributed by atoms with van der Waals surface area (Å²) in [4.78, 5) is 12.9. The van der Waals surface area contributed by atoms with Crippen molar-refractivity contribution < 1.29 is 22.4 Å². The maximum atomic E-state index is 12.8. The number of thiophene rings is 1. The molecule has 1 amide bonds. The molecule has 0 radical (unpaired) electrons. The summed E-state index contributed by atoms with van der Waals surface area (Å²) < 4.78 is 50.8. The van der Waals surface area contributed by atoms with Gasteiger partial charge in [-0.1, -0.05) is 12.1 Å². The molecule has 0 aliphatic carbocycles. The summed E-state index contributed by atoms with van der Waals surface area (Å²) in [6.45, 7) is -1.40. The van der Waals surface area contributed by atoms with E-state index in [4.69, 9.17) is 0 Å². The van der Waals surface area contributed by atoms with Gasteiger partial charge >= 0.3 is 6.18 Å². The first-order valence-corrected chi connectivity index (χ1v) is 7.38. The predicted octanol–water partition coefficient (Wildman–Crippen LogP) is 4.02. The molecule has 0 N–H and O–H groups in total. The number of alkyl halides is 3. The van der Waals surface area contributed by atoms with Crippen molar-refractivity contribution in [3.63, 3.8) is 0 Å². The van der Waals surface area contributed by atoms with E-state index in [-0.39, 0.29) is 13.0 Å². The summed E-state index contributed by atoms with van der Waals surface area (Å²) in [7, 11) is 0. The van der Waals surface area contributed by atoms with Crippen molar-refractivity contribution in [3.8, 4) is 0 Å². The number of nitrogens with zero attached hydrogens (tertiary/aromatic N) is 1. The highest BCUT2D eigenvalue weighted by molar-refractivity contribution is 7.07. The maximum Gasteiger partial charge on any atom is 0.406 e. The van der Waals surface area contributed by atoms with E-state index in [0.717, 1.165) is 4.90 Å². The van der Waals surface area contributed by atoms with E-state index < -0.39 is 24.4 Å². The second-order valence-electron chi connectivity index (χ2n) is 4.80. The summed E-state index contributed by atoms with van der Waals surface area (Å²) in [5, 5.41) is 3.44. The number of halogens is 4. The molecule has 0 bridgehead atoms. The van der Waals surface area contributed by atoms with Crippen LogP contribution >= 0.6 is 11.3 Å². The second kappa shape index (κ2) is 6.91. The number of carbonyl (C=O) groups is 1. The molecule has 1 aromatic carbocycles. The fourth-order valence-corrected chi connectivity index (χ4v) is 2.60. The van der Waals surface area contributed by atoms with E-state index in [1.807, 2.05) is 0 Å². The molecule has 0 unspecified atom stereocenters. The second-order valence-corrected chi connectivity index (χ2v) is 5.58. The van der Waals surface area contributed by atoms with Gasteiger partial charge in [0.05, 0.1) is 6.42 Å². The molecule has 1 aromatic heterocycles. The number of rotatable bonds is 5. The summed E-state index contributed by atoms with van der Waals surface area (Å²) in [6, 6.07) is 6.82. The molecular weight excluding hydrogens is 318 g/mol. The minimum atomic E-state index is -4.46. The van der Waals surface area contributed by atoms with Crippen molar-refractivity contribution in [1.29, 1.82) is 0 Å². The molecule has 0 saturated heterocycles. The van der Waals surface area contributed by atoms with Gasteiger partial charge in [0.1, 0.15) is 12.4 Å². The Kier molecular flexibility index (Phi) is 5.18. The van der Waals surface area contributed by atoms with Crippen LogP contribution in [-0.4, -0.2) is 23.5 Å². The van der Waals surface area contributed by atoms with Crippen LogP contribution in [0.1, 0.15) is 11.1 Å². The summed E-state index contributed by atoms with van der Waals surface area (Å²) in [5.41, 5.74) is 1.13. The quantitative estimate of drug-likeness (QED) is 0.758. The topological polar surface area (TPSA) is 20.3 Å². The van der Waals surface area contributed by atoms with E-state index in [1.54, 1.807) is 16.8 Å². The Hall–Kier alpha value is -1.89. The van der Waals surface area contributed by atoms with Crippen molar-refractivity contribution in [2.45, 2.75) is 19.1 Å². The van der Waals surface area contributed by atoms with Gasteiger partial charge in [-0.05, 0) is 40.1 Å². The van der Waals surface area contributed by atoms with E-state index in [0.29, 0.717) is 11.1 Å². The fourth-order valence-electron chi connectivity index (χ4n) is 1.94. The van der Waals surface area contributed by atoms with Crippen LogP contribution < -0.4 is 0 Å². The van der Waals surface area contributed by atoms with Crippen molar-refractivity contribution >= 4 is 17.2 Å². The Labute approximate surface area is 129 Å². The molecule has 0 aliphatic rings. The number of carbonyl (C=O) groups excluding carboxylic acids is 1. The third-order valence-electron chi connectivity index (χ3n) is 2.94. The van der Waals surface area contributed by atoms with Crippen LogP contribution in [0.5, 0.6) is 0 Å². The van der Waals surface area contributed by atoms with Crippen LogP contribution in [0.4, 0.5) is 17.6 Å². The number of hydrogen-bond acceptors (Lipinski definition) is 2. The molecule has 1 heterocycles. The van der Waals surface area contributed by atoms with E-state index >= 15 is 0 Å². The Balaban J connectivity index is 2.09. The normalized spacial score (nSPS) is 11.5. The SMILES string of the molecule is O=C(Cc1ccc(F)cc1)N(Cc1ccsc1)CC(F)(F)F. The minimum absolute atomic E-state index is 0.0942. The van der Waals surface area contributed by atoms with Crippen LogP contribution in [0, 0.1) is 5.82 Å². The molecule has 2 aromatic rings. The monoisotopic (exact) mass is 331 g/mol. The van der Waals surface area contributed by atoms with Gasteiger partial charge in [0, 0.05) is 6.54 Å². The predicted molar refractivity (Wildman–Crippen MR) is 75.9 cm³/mol. The van der Waals surface area contributed by atoms with Crippen LogP contribution in [-0.2, 0) is 17.8 Å². The van der Waals surface area contributed by atoms with Gasteiger partial charge in [0.15, 0.2) is 0 Å². The highest BCUT2D eigenvalue weighted by Gasteiger charge is 2.33. The molecule has 7 heteroatoms. The average Bonchev–Trinajstić information content (AvgIpc) is 2.92. The Morgan fingerprint density at radius 2 is 1.77 bits per heavy atom. The van der Waals surface area contributed by atoms with Crippen molar-refractivity contribution in [1.82, 2.24) is 4.90 Å². The van der Waals surface area contributed by atoms with Crippen LogP contribution in [0.15, 0.2) is 41.1 Å². The fraction of sp³-hybridized carbons (Fsp3) is 0.267. The molecule has 0 fully saturated rings. The molecule has 2 rings (SSSR count).